The maximum Gasteiger partial charge on any atom is 0.410 e. The topological polar surface area (TPSA) is 79.0 Å². The summed E-state index contributed by atoms with van der Waals surface area (Å²) in [6.07, 6.45) is 0.476. The minimum atomic E-state index is -3.56. The van der Waals surface area contributed by atoms with Crippen LogP contribution in [0.4, 0.5) is 10.5 Å². The molecule has 7 nitrogen and oxygen atoms in total. The minimum absolute atomic E-state index is 0.287. The van der Waals surface area contributed by atoms with Crippen molar-refractivity contribution in [3.05, 3.63) is 59.7 Å². The summed E-state index contributed by atoms with van der Waals surface area (Å²) in [5.41, 5.74) is 2.42. The van der Waals surface area contributed by atoms with Crippen molar-refractivity contribution < 1.29 is 17.9 Å². The van der Waals surface area contributed by atoms with Gasteiger partial charge in [-0.15, -0.1) is 0 Å². The summed E-state index contributed by atoms with van der Waals surface area (Å²) < 4.78 is 32.2. The Morgan fingerprint density at radius 1 is 1.00 bits per heavy atom. The van der Waals surface area contributed by atoms with Gasteiger partial charge in [0.25, 0.3) is 0 Å². The number of carbonyl (C=O) groups excluding carboxylic acids is 1. The van der Waals surface area contributed by atoms with Crippen molar-refractivity contribution in [1.29, 1.82) is 0 Å². The molecule has 1 unspecified atom stereocenters. The number of ether oxygens (including phenoxy) is 1. The number of nitrogens with zero attached hydrogens (tertiary/aromatic N) is 2. The van der Waals surface area contributed by atoms with E-state index in [0.29, 0.717) is 37.6 Å². The Balaban J connectivity index is 1.55. The van der Waals surface area contributed by atoms with Gasteiger partial charge in [-0.05, 0) is 56.5 Å². The highest BCUT2D eigenvalue weighted by Gasteiger charge is 2.35. The number of piperazine rings is 1. The van der Waals surface area contributed by atoms with Crippen molar-refractivity contribution in [3.63, 3.8) is 0 Å². The van der Waals surface area contributed by atoms with Crippen LogP contribution in [0.2, 0.25) is 0 Å². The molecule has 172 valence electrons. The zero-order valence-corrected chi connectivity index (χ0v) is 19.7. The van der Waals surface area contributed by atoms with Gasteiger partial charge in [0, 0.05) is 38.4 Å². The van der Waals surface area contributed by atoms with Crippen molar-refractivity contribution >= 4 is 21.6 Å². The van der Waals surface area contributed by atoms with Crippen LogP contribution in [0, 0.1) is 0 Å². The van der Waals surface area contributed by atoms with Crippen LogP contribution in [0.15, 0.2) is 53.4 Å². The average Bonchev–Trinajstić information content (AvgIpc) is 2.78. The molecular formula is C24H31N3O4S. The van der Waals surface area contributed by atoms with Crippen LogP contribution >= 0.6 is 0 Å². The summed E-state index contributed by atoms with van der Waals surface area (Å²) in [4.78, 5) is 16.7. The van der Waals surface area contributed by atoms with E-state index in [9.17, 15) is 13.2 Å². The highest BCUT2D eigenvalue weighted by molar-refractivity contribution is 7.91. The molecule has 0 bridgehead atoms. The fourth-order valence-corrected chi connectivity index (χ4v) is 6.03. The van der Waals surface area contributed by atoms with Crippen molar-refractivity contribution in [2.75, 3.05) is 37.6 Å². The maximum atomic E-state index is 13.3. The second-order valence-electron chi connectivity index (χ2n) is 9.24. The summed E-state index contributed by atoms with van der Waals surface area (Å²) in [6.45, 7) is 8.70. The molecule has 0 saturated carbocycles. The van der Waals surface area contributed by atoms with Crippen molar-refractivity contribution in [2.24, 2.45) is 0 Å². The Kier molecular flexibility index (Phi) is 6.18. The first-order valence-electron chi connectivity index (χ1n) is 11.0. The molecule has 1 amide bonds. The monoisotopic (exact) mass is 457 g/mol. The highest BCUT2D eigenvalue weighted by atomic mass is 32.2. The van der Waals surface area contributed by atoms with Crippen LogP contribution in [-0.2, 0) is 21.0 Å². The molecule has 1 saturated heterocycles. The molecule has 8 heteroatoms. The van der Waals surface area contributed by atoms with Crippen LogP contribution in [-0.4, -0.2) is 57.7 Å². The van der Waals surface area contributed by atoms with Gasteiger partial charge in [0.2, 0.25) is 0 Å². The quantitative estimate of drug-likeness (QED) is 0.762. The highest BCUT2D eigenvalue weighted by Crippen LogP contribution is 2.36. The Morgan fingerprint density at radius 3 is 2.34 bits per heavy atom. The van der Waals surface area contributed by atoms with Crippen molar-refractivity contribution in [1.82, 2.24) is 10.2 Å². The van der Waals surface area contributed by atoms with E-state index in [0.717, 1.165) is 23.2 Å². The SMILES string of the molecule is CC(C)(C)OC(=O)N1CCN(c2cccc3c2CCNC3S(=O)(=O)c2ccccc2)CC1. The molecule has 1 N–H and O–H groups in total. The molecule has 0 spiro atoms. The summed E-state index contributed by atoms with van der Waals surface area (Å²) >= 11 is 0. The third kappa shape index (κ3) is 4.61. The molecule has 2 aromatic carbocycles. The minimum Gasteiger partial charge on any atom is -0.444 e. The van der Waals surface area contributed by atoms with E-state index in [2.05, 4.69) is 16.3 Å². The van der Waals surface area contributed by atoms with Crippen molar-refractivity contribution in [3.8, 4) is 0 Å². The van der Waals surface area contributed by atoms with E-state index in [1.54, 1.807) is 29.2 Å². The van der Waals surface area contributed by atoms with Gasteiger partial charge < -0.3 is 14.5 Å². The number of benzene rings is 2. The molecule has 4 rings (SSSR count). The molecule has 32 heavy (non-hydrogen) atoms. The Bertz CT molecular complexity index is 1070. The van der Waals surface area contributed by atoms with Gasteiger partial charge in [-0.3, -0.25) is 5.32 Å². The number of hydrogen-bond donors (Lipinski definition) is 1. The Labute approximate surface area is 190 Å². The molecule has 2 aliphatic heterocycles. The van der Waals surface area contributed by atoms with Gasteiger partial charge in [0.15, 0.2) is 9.84 Å². The predicted octanol–water partition coefficient (Wildman–Crippen LogP) is 3.36. The van der Waals surface area contributed by atoms with Crippen LogP contribution in [0.3, 0.4) is 0 Å². The van der Waals surface area contributed by atoms with E-state index in [1.807, 2.05) is 39.0 Å². The summed E-state index contributed by atoms with van der Waals surface area (Å²) in [7, 11) is -3.56. The molecule has 0 radical (unpaired) electrons. The van der Waals surface area contributed by atoms with Crippen LogP contribution in [0.5, 0.6) is 0 Å². The van der Waals surface area contributed by atoms with Crippen LogP contribution in [0.25, 0.3) is 0 Å². The normalized spacial score (nSPS) is 19.4. The summed E-state index contributed by atoms with van der Waals surface area (Å²) in [5, 5.41) is 2.44. The first-order chi connectivity index (χ1) is 15.2. The first kappa shape index (κ1) is 22.6. The van der Waals surface area contributed by atoms with Gasteiger partial charge in [-0.25, -0.2) is 13.2 Å². The van der Waals surface area contributed by atoms with E-state index in [-0.39, 0.29) is 6.09 Å². The zero-order valence-electron chi connectivity index (χ0n) is 18.9. The summed E-state index contributed by atoms with van der Waals surface area (Å²) in [6, 6.07) is 14.5. The number of hydrogen-bond acceptors (Lipinski definition) is 6. The standard InChI is InChI=1S/C24H31N3O4S/c1-24(2,3)31-23(28)27-16-14-26(15-17-27)21-11-7-10-20-19(21)12-13-25-22(20)32(29,30)18-8-5-4-6-9-18/h4-11,22,25H,12-17H2,1-3H3. The summed E-state index contributed by atoms with van der Waals surface area (Å²) in [5.74, 6) is 0. The lowest BCUT2D eigenvalue weighted by Crippen LogP contribution is -2.50. The molecule has 0 aliphatic carbocycles. The Hall–Kier alpha value is -2.58. The number of nitrogens with one attached hydrogen (secondary N) is 1. The molecule has 2 heterocycles. The van der Waals surface area contributed by atoms with E-state index in [1.165, 1.54) is 0 Å². The lowest BCUT2D eigenvalue weighted by atomic mass is 9.97. The number of anilines is 1. The average molecular weight is 458 g/mol. The largest absolute Gasteiger partial charge is 0.444 e. The molecular weight excluding hydrogens is 426 g/mol. The molecule has 2 aliphatic rings. The van der Waals surface area contributed by atoms with E-state index >= 15 is 0 Å². The fourth-order valence-electron chi connectivity index (χ4n) is 4.32. The molecule has 2 aromatic rings. The zero-order chi connectivity index (χ0) is 22.9. The number of amides is 1. The van der Waals surface area contributed by atoms with Crippen LogP contribution < -0.4 is 10.2 Å². The fraction of sp³-hybridized carbons (Fsp3) is 0.458. The number of sulfone groups is 1. The second kappa shape index (κ2) is 8.75. The number of carbonyl (C=O) groups is 1. The van der Waals surface area contributed by atoms with Gasteiger partial charge in [0.1, 0.15) is 11.0 Å². The van der Waals surface area contributed by atoms with Crippen LogP contribution in [0.1, 0.15) is 37.3 Å². The lowest BCUT2D eigenvalue weighted by Gasteiger charge is -2.39. The number of rotatable bonds is 3. The molecule has 0 aromatic heterocycles. The molecule has 1 fully saturated rings. The second-order valence-corrected chi connectivity index (χ2v) is 11.3. The van der Waals surface area contributed by atoms with E-state index < -0.39 is 20.8 Å². The first-order valence-corrected chi connectivity index (χ1v) is 12.6. The van der Waals surface area contributed by atoms with Gasteiger partial charge in [-0.2, -0.15) is 0 Å². The van der Waals surface area contributed by atoms with Crippen molar-refractivity contribution in [2.45, 2.75) is 43.1 Å². The van der Waals surface area contributed by atoms with Gasteiger partial charge >= 0.3 is 6.09 Å². The smallest absolute Gasteiger partial charge is 0.410 e. The number of fused-ring (bicyclic) bond motifs is 1. The van der Waals surface area contributed by atoms with E-state index in [4.69, 9.17) is 4.74 Å². The molecule has 1 atom stereocenters. The third-order valence-electron chi connectivity index (χ3n) is 5.83. The maximum absolute atomic E-state index is 13.3. The van der Waals surface area contributed by atoms with Gasteiger partial charge in [0.05, 0.1) is 4.90 Å². The Morgan fingerprint density at radius 2 is 1.69 bits per heavy atom. The predicted molar refractivity (Wildman–Crippen MR) is 125 cm³/mol. The third-order valence-corrected chi connectivity index (χ3v) is 7.80. The lowest BCUT2D eigenvalue weighted by molar-refractivity contribution is 0.0240. The van der Waals surface area contributed by atoms with Gasteiger partial charge in [-0.1, -0.05) is 30.3 Å².